The van der Waals surface area contributed by atoms with Gasteiger partial charge in [0.25, 0.3) is 5.91 Å². The molecule has 0 aliphatic carbocycles. The van der Waals surface area contributed by atoms with Crippen molar-refractivity contribution in [3.8, 4) is 5.75 Å². The molecule has 19 heavy (non-hydrogen) atoms. The van der Waals surface area contributed by atoms with Gasteiger partial charge in [-0.3, -0.25) is 14.4 Å². The number of hydroxylamine groups is 1. The zero-order valence-corrected chi connectivity index (χ0v) is 11.0. The minimum Gasteiger partial charge on any atom is -0.484 e. The van der Waals surface area contributed by atoms with E-state index in [1.807, 2.05) is 17.6 Å². The molecule has 0 heterocycles. The number of hydrogen-bond acceptors (Lipinski definition) is 4. The van der Waals surface area contributed by atoms with Crippen LogP contribution in [0.3, 0.4) is 0 Å². The van der Waals surface area contributed by atoms with Crippen LogP contribution in [0.5, 0.6) is 5.75 Å². The van der Waals surface area contributed by atoms with Crippen molar-refractivity contribution in [1.82, 2.24) is 5.48 Å². The van der Waals surface area contributed by atoms with E-state index in [-0.39, 0.29) is 13.2 Å². The SMILES string of the molecule is CC(C)c1ccc(OCC(=O)NOCC(N)=O)cc1. The second-order valence-corrected chi connectivity index (χ2v) is 4.29. The molecule has 0 radical (unpaired) electrons. The van der Waals surface area contributed by atoms with Gasteiger partial charge in [0.2, 0.25) is 5.91 Å². The number of rotatable bonds is 7. The molecule has 6 heteroatoms. The molecule has 0 aromatic heterocycles. The minimum absolute atomic E-state index is 0.195. The Balaban J connectivity index is 2.31. The van der Waals surface area contributed by atoms with Crippen molar-refractivity contribution in [1.29, 1.82) is 0 Å². The van der Waals surface area contributed by atoms with Crippen molar-refractivity contribution in [3.05, 3.63) is 29.8 Å². The quantitative estimate of drug-likeness (QED) is 0.711. The van der Waals surface area contributed by atoms with Crippen LogP contribution in [0.1, 0.15) is 25.3 Å². The van der Waals surface area contributed by atoms with E-state index in [2.05, 4.69) is 18.7 Å². The first kappa shape index (κ1) is 15.0. The van der Waals surface area contributed by atoms with Crippen LogP contribution in [0.25, 0.3) is 0 Å². The normalized spacial score (nSPS) is 10.3. The molecule has 104 valence electrons. The lowest BCUT2D eigenvalue weighted by atomic mass is 10.0. The standard InChI is InChI=1S/C13H18N2O4/c1-9(2)10-3-5-11(6-4-10)18-8-13(17)15-19-7-12(14)16/h3-6,9H,7-8H2,1-2H3,(H2,14,16)(H,15,17). The second kappa shape index (κ2) is 7.38. The van der Waals surface area contributed by atoms with Gasteiger partial charge in [-0.05, 0) is 23.6 Å². The molecule has 1 aromatic rings. The number of amides is 2. The molecule has 0 saturated carbocycles. The summed E-state index contributed by atoms with van der Waals surface area (Å²) in [6.45, 7) is 3.63. The van der Waals surface area contributed by atoms with Gasteiger partial charge in [0.05, 0.1) is 0 Å². The first-order chi connectivity index (χ1) is 8.99. The number of ether oxygens (including phenoxy) is 1. The summed E-state index contributed by atoms with van der Waals surface area (Å²) in [4.78, 5) is 26.2. The highest BCUT2D eigenvalue weighted by Crippen LogP contribution is 2.18. The molecule has 0 fully saturated rings. The van der Waals surface area contributed by atoms with Crippen LogP contribution in [-0.2, 0) is 14.4 Å². The monoisotopic (exact) mass is 266 g/mol. The van der Waals surface area contributed by atoms with Gasteiger partial charge in [0.1, 0.15) is 5.75 Å². The maximum absolute atomic E-state index is 11.3. The average molecular weight is 266 g/mol. The van der Waals surface area contributed by atoms with E-state index >= 15 is 0 Å². The van der Waals surface area contributed by atoms with Crippen molar-refractivity contribution in [3.63, 3.8) is 0 Å². The predicted octanol–water partition coefficient (Wildman–Crippen LogP) is 0.722. The number of nitrogens with two attached hydrogens (primary N) is 1. The minimum atomic E-state index is -0.662. The largest absolute Gasteiger partial charge is 0.484 e. The van der Waals surface area contributed by atoms with E-state index in [4.69, 9.17) is 10.5 Å². The van der Waals surface area contributed by atoms with Gasteiger partial charge < -0.3 is 10.5 Å². The topological polar surface area (TPSA) is 90.7 Å². The Morgan fingerprint density at radius 3 is 2.37 bits per heavy atom. The first-order valence-corrected chi connectivity index (χ1v) is 5.90. The highest BCUT2D eigenvalue weighted by molar-refractivity contribution is 5.77. The van der Waals surface area contributed by atoms with Crippen LogP contribution in [0.15, 0.2) is 24.3 Å². The van der Waals surface area contributed by atoms with E-state index in [9.17, 15) is 9.59 Å². The van der Waals surface area contributed by atoms with Crippen LogP contribution in [-0.4, -0.2) is 25.0 Å². The third kappa shape index (κ3) is 5.87. The maximum Gasteiger partial charge on any atom is 0.281 e. The van der Waals surface area contributed by atoms with E-state index in [0.717, 1.165) is 0 Å². The number of nitrogens with one attached hydrogen (secondary N) is 1. The second-order valence-electron chi connectivity index (χ2n) is 4.29. The van der Waals surface area contributed by atoms with E-state index in [1.165, 1.54) is 5.56 Å². The fourth-order valence-corrected chi connectivity index (χ4v) is 1.32. The van der Waals surface area contributed by atoms with Gasteiger partial charge in [-0.1, -0.05) is 26.0 Å². The zero-order valence-electron chi connectivity index (χ0n) is 11.0. The number of hydrogen-bond donors (Lipinski definition) is 2. The van der Waals surface area contributed by atoms with Crippen molar-refractivity contribution in [2.45, 2.75) is 19.8 Å². The van der Waals surface area contributed by atoms with Gasteiger partial charge in [-0.25, -0.2) is 5.48 Å². The average Bonchev–Trinajstić information content (AvgIpc) is 2.36. The fourth-order valence-electron chi connectivity index (χ4n) is 1.32. The van der Waals surface area contributed by atoms with Crippen molar-refractivity contribution in [2.24, 2.45) is 5.73 Å². The van der Waals surface area contributed by atoms with Crippen LogP contribution < -0.4 is 16.0 Å². The summed E-state index contributed by atoms with van der Waals surface area (Å²) in [6, 6.07) is 7.49. The number of primary amides is 1. The lowest BCUT2D eigenvalue weighted by molar-refractivity contribution is -0.139. The molecule has 6 nitrogen and oxygen atoms in total. The summed E-state index contributed by atoms with van der Waals surface area (Å²) in [5, 5.41) is 0. The van der Waals surface area contributed by atoms with Gasteiger partial charge in [0.15, 0.2) is 13.2 Å². The fraction of sp³-hybridized carbons (Fsp3) is 0.385. The Morgan fingerprint density at radius 1 is 1.21 bits per heavy atom. The molecule has 2 amide bonds. The number of carbonyl (C=O) groups excluding carboxylic acids is 2. The Labute approximate surface area is 111 Å². The molecule has 0 spiro atoms. The molecule has 0 aliphatic heterocycles. The van der Waals surface area contributed by atoms with E-state index < -0.39 is 11.8 Å². The molecule has 0 saturated heterocycles. The van der Waals surface area contributed by atoms with Crippen molar-refractivity contribution >= 4 is 11.8 Å². The summed E-state index contributed by atoms with van der Waals surface area (Å²) >= 11 is 0. The number of carbonyl (C=O) groups is 2. The van der Waals surface area contributed by atoms with Crippen LogP contribution in [0.2, 0.25) is 0 Å². The van der Waals surface area contributed by atoms with Crippen LogP contribution in [0.4, 0.5) is 0 Å². The molecule has 0 aliphatic rings. The molecule has 0 atom stereocenters. The van der Waals surface area contributed by atoms with Gasteiger partial charge in [0, 0.05) is 0 Å². The Bertz CT molecular complexity index is 429. The summed E-state index contributed by atoms with van der Waals surface area (Å²) in [7, 11) is 0. The smallest absolute Gasteiger partial charge is 0.281 e. The molecule has 1 rings (SSSR count). The first-order valence-electron chi connectivity index (χ1n) is 5.90. The third-order valence-corrected chi connectivity index (χ3v) is 2.32. The van der Waals surface area contributed by atoms with E-state index in [0.29, 0.717) is 11.7 Å². The zero-order chi connectivity index (χ0) is 14.3. The lowest BCUT2D eigenvalue weighted by Crippen LogP contribution is -2.32. The molecule has 1 aromatic carbocycles. The summed E-state index contributed by atoms with van der Waals surface area (Å²) in [6.07, 6.45) is 0. The highest BCUT2D eigenvalue weighted by Gasteiger charge is 2.04. The van der Waals surface area contributed by atoms with Crippen molar-refractivity contribution in [2.75, 3.05) is 13.2 Å². The van der Waals surface area contributed by atoms with Gasteiger partial charge in [-0.15, -0.1) is 0 Å². The van der Waals surface area contributed by atoms with Gasteiger partial charge >= 0.3 is 0 Å². The van der Waals surface area contributed by atoms with Gasteiger partial charge in [-0.2, -0.15) is 0 Å². The van der Waals surface area contributed by atoms with Crippen molar-refractivity contribution < 1.29 is 19.2 Å². The molecular weight excluding hydrogens is 248 g/mol. The summed E-state index contributed by atoms with van der Waals surface area (Å²) < 4.78 is 5.25. The van der Waals surface area contributed by atoms with E-state index in [1.54, 1.807) is 12.1 Å². The van der Waals surface area contributed by atoms with Crippen LogP contribution >= 0.6 is 0 Å². The Kier molecular flexibility index (Phi) is 5.81. The molecule has 0 unspecified atom stereocenters. The predicted molar refractivity (Wildman–Crippen MR) is 69.3 cm³/mol. The summed E-state index contributed by atoms with van der Waals surface area (Å²) in [5.41, 5.74) is 8.08. The maximum atomic E-state index is 11.3. The Hall–Kier alpha value is -2.08. The highest BCUT2D eigenvalue weighted by atomic mass is 16.7. The van der Waals surface area contributed by atoms with Crippen LogP contribution in [0, 0.1) is 0 Å². The lowest BCUT2D eigenvalue weighted by Gasteiger charge is -2.09. The molecule has 3 N–H and O–H groups in total. The third-order valence-electron chi connectivity index (χ3n) is 2.32. The molecular formula is C13H18N2O4. The Morgan fingerprint density at radius 2 is 1.84 bits per heavy atom. The number of benzene rings is 1. The molecule has 0 bridgehead atoms. The summed E-state index contributed by atoms with van der Waals surface area (Å²) in [5.74, 6) is -0.117.